The standard InChI is InChI=1S/C27H24N4O2S2/c1-17-9-6-7-12-21(17)31-23(32)16-35-27-20(15-28)25(22-13-8-14-34-22)24(18(2)29-27)26(33)30-19-10-4-3-5-11-19/h3-14,25,29H,16H2,1-2H3,(H,30,33)(H,31,32)/t25-/m0/s1. The predicted molar refractivity (Wildman–Crippen MR) is 143 cm³/mol. The van der Waals surface area contributed by atoms with Gasteiger partial charge < -0.3 is 16.0 Å². The van der Waals surface area contributed by atoms with Crippen LogP contribution in [0.4, 0.5) is 11.4 Å². The molecule has 1 atom stereocenters. The number of dihydropyridines is 1. The molecule has 0 unspecified atom stereocenters. The largest absolute Gasteiger partial charge is 0.353 e. The first-order valence-corrected chi connectivity index (χ1v) is 12.8. The van der Waals surface area contributed by atoms with Crippen LogP contribution in [-0.2, 0) is 9.59 Å². The summed E-state index contributed by atoms with van der Waals surface area (Å²) in [7, 11) is 0. The third-order valence-electron chi connectivity index (χ3n) is 5.52. The number of aryl methyl sites for hydroxylation is 1. The van der Waals surface area contributed by atoms with Gasteiger partial charge in [0.25, 0.3) is 5.91 Å². The van der Waals surface area contributed by atoms with Gasteiger partial charge in [0.15, 0.2) is 0 Å². The van der Waals surface area contributed by atoms with E-state index in [2.05, 4.69) is 22.0 Å². The van der Waals surface area contributed by atoms with Crippen LogP contribution in [0.2, 0.25) is 0 Å². The molecule has 1 aliphatic rings. The Morgan fingerprint density at radius 2 is 1.77 bits per heavy atom. The highest BCUT2D eigenvalue weighted by atomic mass is 32.2. The molecule has 2 amide bonds. The van der Waals surface area contributed by atoms with Gasteiger partial charge in [-0.25, -0.2) is 0 Å². The Morgan fingerprint density at radius 3 is 2.46 bits per heavy atom. The van der Waals surface area contributed by atoms with Gasteiger partial charge in [-0.05, 0) is 49.1 Å². The summed E-state index contributed by atoms with van der Waals surface area (Å²) in [5.41, 5.74) is 3.98. The van der Waals surface area contributed by atoms with Gasteiger partial charge in [0.2, 0.25) is 5.91 Å². The summed E-state index contributed by atoms with van der Waals surface area (Å²) in [6.45, 7) is 3.76. The van der Waals surface area contributed by atoms with Gasteiger partial charge >= 0.3 is 0 Å². The second-order valence-electron chi connectivity index (χ2n) is 7.94. The number of thiophene rings is 1. The topological polar surface area (TPSA) is 94.0 Å². The van der Waals surface area contributed by atoms with E-state index in [9.17, 15) is 14.9 Å². The summed E-state index contributed by atoms with van der Waals surface area (Å²) in [6, 6.07) is 22.9. The van der Waals surface area contributed by atoms with Gasteiger partial charge in [-0.15, -0.1) is 11.3 Å². The van der Waals surface area contributed by atoms with Crippen LogP contribution in [0.5, 0.6) is 0 Å². The highest BCUT2D eigenvalue weighted by molar-refractivity contribution is 8.03. The lowest BCUT2D eigenvalue weighted by Gasteiger charge is -2.29. The van der Waals surface area contributed by atoms with E-state index in [0.29, 0.717) is 27.6 Å². The van der Waals surface area contributed by atoms with Crippen LogP contribution < -0.4 is 16.0 Å². The Labute approximate surface area is 212 Å². The van der Waals surface area contributed by atoms with Crippen molar-refractivity contribution in [1.29, 1.82) is 5.26 Å². The number of thioether (sulfide) groups is 1. The van der Waals surface area contributed by atoms with E-state index in [1.165, 1.54) is 23.1 Å². The van der Waals surface area contributed by atoms with Gasteiger partial charge in [0.1, 0.15) is 0 Å². The molecule has 1 aliphatic heterocycles. The van der Waals surface area contributed by atoms with Crippen LogP contribution in [0.3, 0.4) is 0 Å². The highest BCUT2D eigenvalue weighted by Gasteiger charge is 2.35. The second kappa shape index (κ2) is 11.1. The molecule has 0 saturated heterocycles. The Bertz CT molecular complexity index is 1340. The smallest absolute Gasteiger partial charge is 0.254 e. The Kier molecular flexibility index (Phi) is 7.70. The maximum Gasteiger partial charge on any atom is 0.254 e. The molecule has 4 rings (SSSR count). The zero-order valence-corrected chi connectivity index (χ0v) is 20.9. The summed E-state index contributed by atoms with van der Waals surface area (Å²) in [5, 5.41) is 21.7. The van der Waals surface area contributed by atoms with E-state index < -0.39 is 5.92 Å². The fraction of sp³-hybridized carbons (Fsp3) is 0.148. The zero-order valence-electron chi connectivity index (χ0n) is 19.3. The molecular weight excluding hydrogens is 476 g/mol. The third-order valence-corrected chi connectivity index (χ3v) is 7.47. The van der Waals surface area contributed by atoms with Crippen molar-refractivity contribution in [3.05, 3.63) is 104 Å². The molecule has 176 valence electrons. The maximum atomic E-state index is 13.3. The summed E-state index contributed by atoms with van der Waals surface area (Å²) in [4.78, 5) is 26.9. The average Bonchev–Trinajstić information content (AvgIpc) is 3.39. The molecule has 2 aromatic carbocycles. The zero-order chi connectivity index (χ0) is 24.8. The first-order valence-electron chi connectivity index (χ1n) is 11.0. The van der Waals surface area contributed by atoms with Crippen molar-refractivity contribution >= 4 is 46.3 Å². The number of para-hydroxylation sites is 2. The third kappa shape index (κ3) is 5.65. The minimum Gasteiger partial charge on any atom is -0.353 e. The lowest BCUT2D eigenvalue weighted by Crippen LogP contribution is -2.30. The van der Waals surface area contributed by atoms with Crippen molar-refractivity contribution in [2.75, 3.05) is 16.4 Å². The first-order chi connectivity index (χ1) is 17.0. The summed E-state index contributed by atoms with van der Waals surface area (Å²) in [6.07, 6.45) is 0. The summed E-state index contributed by atoms with van der Waals surface area (Å²) in [5.74, 6) is -0.837. The molecule has 0 saturated carbocycles. The predicted octanol–water partition coefficient (Wildman–Crippen LogP) is 5.76. The molecule has 1 aromatic heterocycles. The molecule has 0 bridgehead atoms. The average molecular weight is 501 g/mol. The molecule has 0 aliphatic carbocycles. The van der Waals surface area contributed by atoms with Crippen molar-refractivity contribution in [3.8, 4) is 6.07 Å². The fourth-order valence-corrected chi connectivity index (χ4v) is 5.56. The molecule has 8 heteroatoms. The molecule has 0 radical (unpaired) electrons. The monoisotopic (exact) mass is 500 g/mol. The van der Waals surface area contributed by atoms with E-state index in [4.69, 9.17) is 0 Å². The fourth-order valence-electron chi connectivity index (χ4n) is 3.82. The number of allylic oxidation sites excluding steroid dienone is 2. The SMILES string of the molecule is CC1=C(C(=O)Nc2ccccc2)[C@H](c2cccs2)C(C#N)=C(SCC(=O)Nc2ccccc2C)N1. The minimum atomic E-state index is -0.521. The number of nitrogens with zero attached hydrogens (tertiary/aromatic N) is 1. The molecule has 0 fully saturated rings. The van der Waals surface area contributed by atoms with Crippen LogP contribution in [0.25, 0.3) is 0 Å². The van der Waals surface area contributed by atoms with E-state index >= 15 is 0 Å². The van der Waals surface area contributed by atoms with Crippen LogP contribution in [0, 0.1) is 18.3 Å². The minimum absolute atomic E-state index is 0.123. The molecule has 0 spiro atoms. The van der Waals surface area contributed by atoms with Crippen LogP contribution in [0.15, 0.2) is 94.0 Å². The lowest BCUT2D eigenvalue weighted by atomic mass is 9.86. The molecule has 3 N–H and O–H groups in total. The second-order valence-corrected chi connectivity index (χ2v) is 9.90. The Morgan fingerprint density at radius 1 is 1.03 bits per heavy atom. The quantitative estimate of drug-likeness (QED) is 0.383. The van der Waals surface area contributed by atoms with Gasteiger partial charge in [-0.1, -0.05) is 54.2 Å². The van der Waals surface area contributed by atoms with Crippen LogP contribution in [-0.4, -0.2) is 17.6 Å². The van der Waals surface area contributed by atoms with Crippen LogP contribution in [0.1, 0.15) is 23.3 Å². The number of carbonyl (C=O) groups excluding carboxylic acids is 2. The van der Waals surface area contributed by atoms with E-state index in [1.54, 1.807) is 0 Å². The highest BCUT2D eigenvalue weighted by Crippen LogP contribution is 2.42. The van der Waals surface area contributed by atoms with Gasteiger partial charge in [-0.3, -0.25) is 9.59 Å². The van der Waals surface area contributed by atoms with E-state index in [0.717, 1.165) is 16.1 Å². The molecular formula is C27H24N4O2S2. The Hall–Kier alpha value is -3.80. The number of nitrogens with one attached hydrogen (secondary N) is 3. The number of hydrogen-bond donors (Lipinski definition) is 3. The van der Waals surface area contributed by atoms with E-state index in [1.807, 2.05) is 86.0 Å². The van der Waals surface area contributed by atoms with Crippen molar-refractivity contribution in [2.45, 2.75) is 19.8 Å². The molecule has 3 aromatic rings. The maximum absolute atomic E-state index is 13.3. The van der Waals surface area contributed by atoms with Crippen molar-refractivity contribution in [3.63, 3.8) is 0 Å². The Balaban J connectivity index is 1.58. The lowest BCUT2D eigenvalue weighted by molar-refractivity contribution is -0.114. The number of anilines is 2. The van der Waals surface area contributed by atoms with Gasteiger partial charge in [0.05, 0.1) is 28.3 Å². The van der Waals surface area contributed by atoms with Crippen LogP contribution >= 0.6 is 23.1 Å². The first kappa shape index (κ1) is 24.3. The van der Waals surface area contributed by atoms with Crippen molar-refractivity contribution < 1.29 is 9.59 Å². The molecule has 6 nitrogen and oxygen atoms in total. The van der Waals surface area contributed by atoms with Gasteiger partial charge in [-0.2, -0.15) is 5.26 Å². The number of rotatable bonds is 7. The number of benzene rings is 2. The van der Waals surface area contributed by atoms with Crippen molar-refractivity contribution in [2.24, 2.45) is 0 Å². The number of nitriles is 1. The number of carbonyl (C=O) groups is 2. The summed E-state index contributed by atoms with van der Waals surface area (Å²) < 4.78 is 0. The van der Waals surface area contributed by atoms with Gasteiger partial charge in [0, 0.05) is 27.5 Å². The number of amides is 2. The summed E-state index contributed by atoms with van der Waals surface area (Å²) >= 11 is 2.75. The van der Waals surface area contributed by atoms with Crippen molar-refractivity contribution in [1.82, 2.24) is 5.32 Å². The molecule has 35 heavy (non-hydrogen) atoms. The normalized spacial score (nSPS) is 15.3. The molecule has 2 heterocycles. The number of hydrogen-bond acceptors (Lipinski definition) is 6. The van der Waals surface area contributed by atoms with E-state index in [-0.39, 0.29) is 17.6 Å².